The first-order valence-electron chi connectivity index (χ1n) is 8.72. The van der Waals surface area contributed by atoms with Gasteiger partial charge in [-0.25, -0.2) is 13.4 Å². The first-order valence-corrected chi connectivity index (χ1v) is 11.0. The molecule has 0 N–H and O–H groups in total. The molecule has 10 heteroatoms. The van der Waals surface area contributed by atoms with Crippen molar-refractivity contribution in [3.05, 3.63) is 50.0 Å². The van der Waals surface area contributed by atoms with Crippen molar-refractivity contribution in [2.75, 3.05) is 26.2 Å². The zero-order chi connectivity index (χ0) is 19.6. The molecule has 1 aliphatic rings. The molecule has 0 bridgehead atoms. The molecule has 0 radical (unpaired) electrons. The summed E-state index contributed by atoms with van der Waals surface area (Å²) in [7, 11) is -3.91. The summed E-state index contributed by atoms with van der Waals surface area (Å²) in [6, 6.07) is 4.33. The summed E-state index contributed by atoms with van der Waals surface area (Å²) in [6.45, 7) is 6.09. The van der Waals surface area contributed by atoms with Crippen LogP contribution in [0.2, 0.25) is 0 Å². The Morgan fingerprint density at radius 2 is 1.96 bits per heavy atom. The van der Waals surface area contributed by atoms with Gasteiger partial charge >= 0.3 is 0 Å². The second kappa shape index (κ2) is 8.01. The molecule has 0 amide bonds. The summed E-state index contributed by atoms with van der Waals surface area (Å²) >= 11 is 1.64. The van der Waals surface area contributed by atoms with Crippen molar-refractivity contribution < 1.29 is 13.3 Å². The molecule has 146 valence electrons. The smallest absolute Gasteiger partial charge is 0.289 e. The van der Waals surface area contributed by atoms with E-state index in [9.17, 15) is 18.5 Å². The molecule has 1 aromatic heterocycles. The largest absolute Gasteiger partial charge is 0.295 e. The highest BCUT2D eigenvalue weighted by atomic mass is 32.2. The van der Waals surface area contributed by atoms with Gasteiger partial charge in [-0.05, 0) is 18.9 Å². The van der Waals surface area contributed by atoms with Crippen LogP contribution in [0, 0.1) is 17.0 Å². The van der Waals surface area contributed by atoms with E-state index < -0.39 is 14.9 Å². The number of aromatic nitrogens is 1. The molecule has 0 atom stereocenters. The topological polar surface area (TPSA) is 96.7 Å². The van der Waals surface area contributed by atoms with Crippen LogP contribution in [0.3, 0.4) is 0 Å². The number of hydrogen-bond donors (Lipinski definition) is 0. The highest BCUT2D eigenvalue weighted by molar-refractivity contribution is 7.89. The van der Waals surface area contributed by atoms with Gasteiger partial charge in [0.15, 0.2) is 4.90 Å². The quantitative estimate of drug-likeness (QED) is 0.536. The first-order chi connectivity index (χ1) is 12.8. The van der Waals surface area contributed by atoms with Crippen LogP contribution in [-0.2, 0) is 23.0 Å². The molecule has 0 unspecified atom stereocenters. The maximum Gasteiger partial charge on any atom is 0.289 e. The number of hydrogen-bond acceptors (Lipinski definition) is 7. The van der Waals surface area contributed by atoms with Crippen LogP contribution in [0.4, 0.5) is 5.69 Å². The van der Waals surface area contributed by atoms with E-state index in [4.69, 9.17) is 0 Å². The van der Waals surface area contributed by atoms with Crippen molar-refractivity contribution in [1.82, 2.24) is 14.2 Å². The lowest BCUT2D eigenvalue weighted by Gasteiger charge is -2.33. The summed E-state index contributed by atoms with van der Waals surface area (Å²) < 4.78 is 27.4. The fourth-order valence-electron chi connectivity index (χ4n) is 3.19. The van der Waals surface area contributed by atoms with Gasteiger partial charge in [0.2, 0.25) is 10.0 Å². The molecule has 2 aromatic rings. The molecule has 0 saturated carbocycles. The van der Waals surface area contributed by atoms with Crippen molar-refractivity contribution in [2.24, 2.45) is 0 Å². The first kappa shape index (κ1) is 19.9. The number of nitrogens with zero attached hydrogens (tertiary/aromatic N) is 4. The van der Waals surface area contributed by atoms with Gasteiger partial charge in [-0.3, -0.25) is 15.0 Å². The Labute approximate surface area is 162 Å². The van der Waals surface area contributed by atoms with Crippen LogP contribution >= 0.6 is 11.3 Å². The third kappa shape index (κ3) is 4.18. The lowest BCUT2D eigenvalue weighted by atomic mass is 10.2. The molecule has 1 fully saturated rings. The average Bonchev–Trinajstić information content (AvgIpc) is 3.09. The van der Waals surface area contributed by atoms with E-state index in [1.54, 1.807) is 24.3 Å². The lowest BCUT2D eigenvalue weighted by molar-refractivity contribution is -0.387. The standard InChI is InChI=1S/C17H22N4O4S2/c1-3-16-18-14(12-26-16)11-19-7-9-20(10-8-19)27(24,25)17-13(2)5-4-6-15(17)21(22)23/h4-6,12H,3,7-11H2,1-2H3. The number of benzene rings is 1. The van der Waals surface area contributed by atoms with Gasteiger partial charge in [0, 0.05) is 44.2 Å². The minimum Gasteiger partial charge on any atom is -0.295 e. The molecule has 0 aliphatic carbocycles. The second-order valence-electron chi connectivity index (χ2n) is 6.45. The Kier molecular flexibility index (Phi) is 5.89. The second-order valence-corrected chi connectivity index (χ2v) is 9.26. The molecule has 8 nitrogen and oxygen atoms in total. The van der Waals surface area contributed by atoms with Crippen LogP contribution < -0.4 is 0 Å². The number of nitro groups is 1. The third-order valence-electron chi connectivity index (χ3n) is 4.60. The van der Waals surface area contributed by atoms with E-state index >= 15 is 0 Å². The Morgan fingerprint density at radius 3 is 2.56 bits per heavy atom. The SMILES string of the molecule is CCc1nc(CN2CCN(S(=O)(=O)c3c(C)cccc3[N+](=O)[O-])CC2)cs1. The molecular formula is C17H22N4O4S2. The summed E-state index contributed by atoms with van der Waals surface area (Å²) in [6.07, 6.45) is 0.909. The Bertz CT molecular complexity index is 934. The number of rotatable bonds is 6. The summed E-state index contributed by atoms with van der Waals surface area (Å²) in [5.74, 6) is 0. The van der Waals surface area contributed by atoms with Gasteiger partial charge < -0.3 is 0 Å². The lowest BCUT2D eigenvalue weighted by Crippen LogP contribution is -2.48. The molecule has 1 aliphatic heterocycles. The molecule has 2 heterocycles. The number of aryl methyl sites for hydroxylation is 2. The van der Waals surface area contributed by atoms with Crippen LogP contribution in [0.1, 0.15) is 23.2 Å². The number of piperazine rings is 1. The van der Waals surface area contributed by atoms with Crippen LogP contribution in [-0.4, -0.2) is 53.7 Å². The third-order valence-corrected chi connectivity index (χ3v) is 7.74. The number of thiazole rings is 1. The zero-order valence-corrected chi connectivity index (χ0v) is 16.9. The Morgan fingerprint density at radius 1 is 1.26 bits per heavy atom. The number of sulfonamides is 1. The predicted octanol–water partition coefficient (Wildman–Crippen LogP) is 2.43. The van der Waals surface area contributed by atoms with E-state index in [0.29, 0.717) is 38.3 Å². The van der Waals surface area contributed by atoms with Crippen molar-refractivity contribution >= 4 is 27.0 Å². The minimum absolute atomic E-state index is 0.199. The van der Waals surface area contributed by atoms with E-state index in [0.717, 1.165) is 17.1 Å². The van der Waals surface area contributed by atoms with Gasteiger partial charge in [-0.2, -0.15) is 4.31 Å². The molecule has 1 aromatic carbocycles. The van der Waals surface area contributed by atoms with Crippen LogP contribution in [0.5, 0.6) is 0 Å². The van der Waals surface area contributed by atoms with E-state index in [-0.39, 0.29) is 10.6 Å². The van der Waals surface area contributed by atoms with Gasteiger partial charge in [0.25, 0.3) is 5.69 Å². The molecular weight excluding hydrogens is 388 g/mol. The van der Waals surface area contributed by atoms with Gasteiger partial charge in [0.05, 0.1) is 15.6 Å². The molecule has 0 spiro atoms. The van der Waals surface area contributed by atoms with E-state index in [1.165, 1.54) is 16.4 Å². The predicted molar refractivity (Wildman–Crippen MR) is 103 cm³/mol. The zero-order valence-electron chi connectivity index (χ0n) is 15.3. The normalized spacial score (nSPS) is 16.5. The van der Waals surface area contributed by atoms with E-state index in [2.05, 4.69) is 16.8 Å². The van der Waals surface area contributed by atoms with Crippen LogP contribution in [0.15, 0.2) is 28.5 Å². The molecule has 27 heavy (non-hydrogen) atoms. The highest BCUT2D eigenvalue weighted by Gasteiger charge is 2.35. The van der Waals surface area contributed by atoms with Crippen molar-refractivity contribution in [2.45, 2.75) is 31.7 Å². The van der Waals surface area contributed by atoms with E-state index in [1.807, 2.05) is 5.38 Å². The van der Waals surface area contributed by atoms with Crippen molar-refractivity contribution in [3.63, 3.8) is 0 Å². The van der Waals surface area contributed by atoms with Crippen molar-refractivity contribution in [1.29, 1.82) is 0 Å². The summed E-state index contributed by atoms with van der Waals surface area (Å²) in [4.78, 5) is 17.2. The fraction of sp³-hybridized carbons (Fsp3) is 0.471. The highest BCUT2D eigenvalue weighted by Crippen LogP contribution is 2.30. The van der Waals surface area contributed by atoms with Gasteiger partial charge in [0.1, 0.15) is 0 Å². The summed E-state index contributed by atoms with van der Waals surface area (Å²) in [5.41, 5.74) is 1.02. The average molecular weight is 411 g/mol. The minimum atomic E-state index is -3.91. The van der Waals surface area contributed by atoms with Gasteiger partial charge in [-0.15, -0.1) is 11.3 Å². The summed E-state index contributed by atoms with van der Waals surface area (Å²) in [5, 5.41) is 14.4. The maximum atomic E-state index is 13.0. The number of nitro benzene ring substituents is 1. The Hall–Kier alpha value is -1.88. The fourth-order valence-corrected chi connectivity index (χ4v) is 5.71. The Balaban J connectivity index is 1.73. The van der Waals surface area contributed by atoms with Crippen LogP contribution in [0.25, 0.3) is 0 Å². The molecule has 3 rings (SSSR count). The van der Waals surface area contributed by atoms with Crippen molar-refractivity contribution in [3.8, 4) is 0 Å². The monoisotopic (exact) mass is 410 g/mol. The molecule has 1 saturated heterocycles. The maximum absolute atomic E-state index is 13.0. The van der Waals surface area contributed by atoms with Gasteiger partial charge in [-0.1, -0.05) is 19.1 Å².